The summed E-state index contributed by atoms with van der Waals surface area (Å²) in [6, 6.07) is 15.5. The predicted molar refractivity (Wildman–Crippen MR) is 121 cm³/mol. The second-order valence-corrected chi connectivity index (χ2v) is 8.03. The predicted octanol–water partition coefficient (Wildman–Crippen LogP) is 5.99. The van der Waals surface area contributed by atoms with E-state index in [1.54, 1.807) is 12.1 Å². The fourth-order valence-electron chi connectivity index (χ4n) is 4.02. The van der Waals surface area contributed by atoms with E-state index in [1.807, 2.05) is 36.0 Å². The van der Waals surface area contributed by atoms with Crippen LogP contribution >= 0.6 is 0 Å². The van der Waals surface area contributed by atoms with Crippen LogP contribution in [-0.4, -0.2) is 20.0 Å². The monoisotopic (exact) mass is 466 g/mol. The van der Waals surface area contributed by atoms with Gasteiger partial charge in [-0.1, -0.05) is 12.1 Å². The largest absolute Gasteiger partial charge is 0.417 e. The molecule has 0 saturated heterocycles. The third-order valence-electron chi connectivity index (χ3n) is 5.67. The van der Waals surface area contributed by atoms with Gasteiger partial charge in [0.15, 0.2) is 0 Å². The Morgan fingerprint density at radius 2 is 1.85 bits per heavy atom. The molecule has 34 heavy (non-hydrogen) atoms. The molecule has 1 amide bonds. The van der Waals surface area contributed by atoms with Gasteiger partial charge in [-0.05, 0) is 54.1 Å². The average Bonchev–Trinajstić information content (AvgIpc) is 3.33. The number of hydrogen-bond acceptors (Lipinski definition) is 2. The van der Waals surface area contributed by atoms with Gasteiger partial charge >= 0.3 is 6.18 Å². The SMILES string of the molecule is Cn1ccc2cc(NC(=O)c3cc4cc(C(F)(F)F)cnc4n3Cc3cccc(F)c3)ccc21. The number of nitrogens with one attached hydrogen (secondary N) is 1. The third kappa shape index (κ3) is 4.00. The summed E-state index contributed by atoms with van der Waals surface area (Å²) < 4.78 is 56.8. The number of benzene rings is 2. The van der Waals surface area contributed by atoms with Gasteiger partial charge in [0.25, 0.3) is 5.91 Å². The Balaban J connectivity index is 1.57. The number of halogens is 4. The molecule has 0 aliphatic carbocycles. The summed E-state index contributed by atoms with van der Waals surface area (Å²) in [4.78, 5) is 17.2. The lowest BCUT2D eigenvalue weighted by Crippen LogP contribution is -2.18. The standard InChI is InChI=1S/C25H18F4N4O/c1-32-8-7-16-11-20(5-6-21(16)32)31-24(34)22-12-17-10-18(25(27,28)29)13-30-23(17)33(22)14-15-3-2-4-19(26)9-15/h2-13H,14H2,1H3,(H,31,34). The molecular formula is C25H18F4N4O. The van der Waals surface area contributed by atoms with Crippen molar-refractivity contribution >= 4 is 33.5 Å². The molecule has 2 aromatic carbocycles. The van der Waals surface area contributed by atoms with Crippen molar-refractivity contribution < 1.29 is 22.4 Å². The minimum Gasteiger partial charge on any atom is -0.351 e. The summed E-state index contributed by atoms with van der Waals surface area (Å²) in [6.45, 7) is 0.0557. The molecule has 0 atom stereocenters. The van der Waals surface area contributed by atoms with Crippen molar-refractivity contribution in [3.05, 3.63) is 95.7 Å². The quantitative estimate of drug-likeness (QED) is 0.331. The van der Waals surface area contributed by atoms with Gasteiger partial charge < -0.3 is 14.5 Å². The number of nitrogens with zero attached hydrogens (tertiary/aromatic N) is 3. The molecule has 5 rings (SSSR count). The van der Waals surface area contributed by atoms with E-state index in [0.29, 0.717) is 11.3 Å². The Morgan fingerprint density at radius 3 is 2.62 bits per heavy atom. The molecule has 3 aromatic heterocycles. The average molecular weight is 466 g/mol. The third-order valence-corrected chi connectivity index (χ3v) is 5.67. The summed E-state index contributed by atoms with van der Waals surface area (Å²) in [5.41, 5.74) is 1.46. The van der Waals surface area contributed by atoms with E-state index in [2.05, 4.69) is 10.3 Å². The first kappa shape index (κ1) is 21.7. The molecule has 1 N–H and O–H groups in total. The molecule has 9 heteroatoms. The highest BCUT2D eigenvalue weighted by Crippen LogP contribution is 2.32. The Bertz CT molecular complexity index is 1550. The number of pyridine rings is 1. The van der Waals surface area contributed by atoms with Gasteiger partial charge in [0, 0.05) is 48.0 Å². The summed E-state index contributed by atoms with van der Waals surface area (Å²) in [5, 5.41) is 3.90. The Morgan fingerprint density at radius 1 is 1.03 bits per heavy atom. The van der Waals surface area contributed by atoms with Crippen molar-refractivity contribution in [1.82, 2.24) is 14.1 Å². The highest BCUT2D eigenvalue weighted by molar-refractivity contribution is 6.06. The zero-order valence-corrected chi connectivity index (χ0v) is 17.9. The van der Waals surface area contributed by atoms with Crippen LogP contribution in [0.3, 0.4) is 0 Å². The van der Waals surface area contributed by atoms with Crippen molar-refractivity contribution in [3.63, 3.8) is 0 Å². The molecule has 0 aliphatic rings. The maximum atomic E-state index is 13.7. The van der Waals surface area contributed by atoms with E-state index in [-0.39, 0.29) is 23.3 Å². The molecule has 5 aromatic rings. The first-order valence-electron chi connectivity index (χ1n) is 10.4. The van der Waals surface area contributed by atoms with E-state index in [9.17, 15) is 22.4 Å². The van der Waals surface area contributed by atoms with Gasteiger partial charge in [-0.3, -0.25) is 4.79 Å². The molecule has 0 bridgehead atoms. The number of rotatable bonds is 4. The van der Waals surface area contributed by atoms with E-state index < -0.39 is 23.5 Å². The van der Waals surface area contributed by atoms with Crippen LogP contribution < -0.4 is 5.32 Å². The van der Waals surface area contributed by atoms with Crippen molar-refractivity contribution in [2.75, 3.05) is 5.32 Å². The topological polar surface area (TPSA) is 51.9 Å². The zero-order chi connectivity index (χ0) is 24.0. The Labute approximate surface area is 191 Å². The first-order valence-corrected chi connectivity index (χ1v) is 10.4. The van der Waals surface area contributed by atoms with Gasteiger partial charge in [-0.25, -0.2) is 9.37 Å². The smallest absolute Gasteiger partial charge is 0.351 e. The minimum atomic E-state index is -4.57. The van der Waals surface area contributed by atoms with Gasteiger partial charge in [-0.15, -0.1) is 0 Å². The molecule has 0 saturated carbocycles. The molecule has 0 unspecified atom stereocenters. The number of hydrogen-bond donors (Lipinski definition) is 1. The Kier molecular flexibility index (Phi) is 5.11. The van der Waals surface area contributed by atoms with E-state index in [1.165, 1.54) is 28.8 Å². The lowest BCUT2D eigenvalue weighted by molar-refractivity contribution is -0.137. The van der Waals surface area contributed by atoms with Crippen LogP contribution in [0.1, 0.15) is 21.6 Å². The van der Waals surface area contributed by atoms with Crippen molar-refractivity contribution in [1.29, 1.82) is 0 Å². The molecule has 3 heterocycles. The van der Waals surface area contributed by atoms with Crippen LogP contribution in [0.4, 0.5) is 23.2 Å². The zero-order valence-electron chi connectivity index (χ0n) is 17.9. The number of anilines is 1. The fourth-order valence-corrected chi connectivity index (χ4v) is 4.02. The second-order valence-electron chi connectivity index (χ2n) is 8.03. The lowest BCUT2D eigenvalue weighted by atomic mass is 10.2. The number of aromatic nitrogens is 3. The van der Waals surface area contributed by atoms with Crippen molar-refractivity contribution in [2.45, 2.75) is 12.7 Å². The molecule has 172 valence electrons. The van der Waals surface area contributed by atoms with E-state index in [4.69, 9.17) is 0 Å². The maximum Gasteiger partial charge on any atom is 0.417 e. The van der Waals surface area contributed by atoms with Crippen LogP contribution in [0.25, 0.3) is 21.9 Å². The first-order chi connectivity index (χ1) is 16.2. The van der Waals surface area contributed by atoms with Gasteiger partial charge in [0.05, 0.1) is 5.56 Å². The van der Waals surface area contributed by atoms with Gasteiger partial charge in [0.2, 0.25) is 0 Å². The number of amides is 1. The number of alkyl halides is 3. The normalized spacial score (nSPS) is 11.9. The fraction of sp³-hybridized carbons (Fsp3) is 0.120. The second kappa shape index (κ2) is 8.02. The molecule has 0 spiro atoms. The highest BCUT2D eigenvalue weighted by atomic mass is 19.4. The van der Waals surface area contributed by atoms with Crippen LogP contribution in [-0.2, 0) is 19.8 Å². The van der Waals surface area contributed by atoms with E-state index >= 15 is 0 Å². The molecule has 5 nitrogen and oxygen atoms in total. The number of fused-ring (bicyclic) bond motifs is 2. The molecule has 0 radical (unpaired) electrons. The van der Waals surface area contributed by atoms with Crippen LogP contribution in [0.5, 0.6) is 0 Å². The minimum absolute atomic E-state index is 0.0557. The molecule has 0 aliphatic heterocycles. The number of aryl methyl sites for hydroxylation is 1. The summed E-state index contributed by atoms with van der Waals surface area (Å²) >= 11 is 0. The van der Waals surface area contributed by atoms with Gasteiger partial charge in [0.1, 0.15) is 17.2 Å². The number of carbonyl (C=O) groups is 1. The maximum absolute atomic E-state index is 13.7. The van der Waals surface area contributed by atoms with Crippen molar-refractivity contribution in [3.8, 4) is 0 Å². The summed E-state index contributed by atoms with van der Waals surface area (Å²) in [7, 11) is 1.91. The van der Waals surface area contributed by atoms with Crippen LogP contribution in [0.15, 0.2) is 73.1 Å². The summed E-state index contributed by atoms with van der Waals surface area (Å²) in [6.07, 6.45) is -1.94. The van der Waals surface area contributed by atoms with Gasteiger partial charge in [-0.2, -0.15) is 13.2 Å². The molecular weight excluding hydrogens is 448 g/mol. The Hall–Kier alpha value is -4.14. The summed E-state index contributed by atoms with van der Waals surface area (Å²) in [5.74, 6) is -0.971. The number of carbonyl (C=O) groups excluding carboxylic acids is 1. The van der Waals surface area contributed by atoms with Crippen LogP contribution in [0.2, 0.25) is 0 Å². The van der Waals surface area contributed by atoms with E-state index in [0.717, 1.165) is 23.2 Å². The lowest BCUT2D eigenvalue weighted by Gasteiger charge is -2.12. The highest BCUT2D eigenvalue weighted by Gasteiger charge is 2.32. The van der Waals surface area contributed by atoms with Crippen molar-refractivity contribution in [2.24, 2.45) is 7.05 Å². The molecule has 0 fully saturated rings. The van der Waals surface area contributed by atoms with Crippen LogP contribution in [0, 0.1) is 5.82 Å².